The predicted octanol–water partition coefficient (Wildman–Crippen LogP) is 3.93. The molecule has 0 saturated carbocycles. The third-order valence-electron chi connectivity index (χ3n) is 5.96. The zero-order valence-corrected chi connectivity index (χ0v) is 16.1. The fraction of sp³-hybridized carbons (Fsp3) is 0.304. The first-order valence-corrected chi connectivity index (χ1v) is 10.00. The molecule has 0 bridgehead atoms. The molecule has 2 aromatic heterocycles. The zero-order chi connectivity index (χ0) is 19.1. The van der Waals surface area contributed by atoms with Crippen molar-refractivity contribution in [3.8, 4) is 11.1 Å². The van der Waals surface area contributed by atoms with Crippen molar-refractivity contribution in [3.63, 3.8) is 0 Å². The maximum absolute atomic E-state index is 6.69. The summed E-state index contributed by atoms with van der Waals surface area (Å²) in [5, 5.41) is 4.81. The Hall–Kier alpha value is -2.76. The Morgan fingerprint density at radius 1 is 1.11 bits per heavy atom. The van der Waals surface area contributed by atoms with Gasteiger partial charge in [0.25, 0.3) is 0 Å². The first-order chi connectivity index (χ1) is 13.7. The van der Waals surface area contributed by atoms with Crippen LogP contribution in [0.2, 0.25) is 0 Å². The molecule has 5 heteroatoms. The van der Waals surface area contributed by atoms with Gasteiger partial charge in [0, 0.05) is 54.2 Å². The molecular weight excluding hydrogens is 346 g/mol. The first-order valence-electron chi connectivity index (χ1n) is 10.00. The minimum atomic E-state index is -0.0501. The number of piperidine rings is 1. The Labute approximate surface area is 164 Å². The second-order valence-corrected chi connectivity index (χ2v) is 7.77. The van der Waals surface area contributed by atoms with E-state index in [1.807, 2.05) is 0 Å². The van der Waals surface area contributed by atoms with Crippen molar-refractivity contribution in [2.45, 2.75) is 31.3 Å². The largest absolute Gasteiger partial charge is 0.351 e. The van der Waals surface area contributed by atoms with Gasteiger partial charge >= 0.3 is 0 Å². The maximum Gasteiger partial charge on any atom is 0.0965 e. The lowest BCUT2D eigenvalue weighted by Crippen LogP contribution is -2.42. The van der Waals surface area contributed by atoms with Crippen LogP contribution < -0.4 is 11.1 Å². The second kappa shape index (κ2) is 7.00. The standard InChI is InChI=1S/C23H25N5/c1-28-11-7-16-12-15(5-6-21(16)28)18-13-17(14-20-23(18)27-10-9-26-20)22(24)19-4-2-3-8-25-19/h5-7,9-14,19,22,25H,2-4,8,24H2,1H3. The molecule has 1 aliphatic heterocycles. The van der Waals surface area contributed by atoms with Gasteiger partial charge < -0.3 is 15.6 Å². The van der Waals surface area contributed by atoms with Gasteiger partial charge in [0.15, 0.2) is 0 Å². The number of aryl methyl sites for hydroxylation is 1. The molecule has 4 aromatic rings. The van der Waals surface area contributed by atoms with Gasteiger partial charge in [-0.05, 0) is 60.8 Å². The summed E-state index contributed by atoms with van der Waals surface area (Å²) in [7, 11) is 2.07. The first kappa shape index (κ1) is 17.3. The van der Waals surface area contributed by atoms with Crippen LogP contribution in [0.5, 0.6) is 0 Å². The van der Waals surface area contributed by atoms with Crippen molar-refractivity contribution in [2.75, 3.05) is 6.54 Å². The zero-order valence-electron chi connectivity index (χ0n) is 16.1. The van der Waals surface area contributed by atoms with Crippen LogP contribution in [0.15, 0.2) is 55.0 Å². The highest BCUT2D eigenvalue weighted by atomic mass is 15.0. The number of nitrogens with one attached hydrogen (secondary N) is 1. The van der Waals surface area contributed by atoms with E-state index in [1.165, 1.54) is 23.7 Å². The Morgan fingerprint density at radius 2 is 2.00 bits per heavy atom. The summed E-state index contributed by atoms with van der Waals surface area (Å²) >= 11 is 0. The van der Waals surface area contributed by atoms with E-state index in [4.69, 9.17) is 5.73 Å². The lowest BCUT2D eigenvalue weighted by molar-refractivity contribution is 0.354. The number of nitrogens with zero attached hydrogens (tertiary/aromatic N) is 3. The van der Waals surface area contributed by atoms with E-state index in [0.29, 0.717) is 6.04 Å². The molecule has 1 aliphatic rings. The minimum Gasteiger partial charge on any atom is -0.351 e. The van der Waals surface area contributed by atoms with E-state index >= 15 is 0 Å². The number of hydrogen-bond donors (Lipinski definition) is 2. The van der Waals surface area contributed by atoms with Crippen molar-refractivity contribution in [3.05, 3.63) is 60.6 Å². The van der Waals surface area contributed by atoms with Gasteiger partial charge in [0.05, 0.1) is 11.0 Å². The molecule has 0 amide bonds. The third-order valence-corrected chi connectivity index (χ3v) is 5.96. The van der Waals surface area contributed by atoms with Gasteiger partial charge in [-0.2, -0.15) is 0 Å². The molecule has 2 unspecified atom stereocenters. The number of rotatable bonds is 3. The number of benzene rings is 2. The number of nitrogens with two attached hydrogens (primary N) is 1. The van der Waals surface area contributed by atoms with Crippen molar-refractivity contribution in [1.29, 1.82) is 0 Å². The summed E-state index contributed by atoms with van der Waals surface area (Å²) in [4.78, 5) is 9.21. The molecule has 142 valence electrons. The minimum absolute atomic E-state index is 0.0501. The molecule has 5 rings (SSSR count). The molecule has 28 heavy (non-hydrogen) atoms. The molecular formula is C23H25N5. The van der Waals surface area contributed by atoms with Crippen LogP contribution in [-0.4, -0.2) is 27.1 Å². The Morgan fingerprint density at radius 3 is 2.86 bits per heavy atom. The van der Waals surface area contributed by atoms with Crippen LogP contribution >= 0.6 is 0 Å². The van der Waals surface area contributed by atoms with E-state index in [2.05, 4.69) is 69.5 Å². The predicted molar refractivity (Wildman–Crippen MR) is 114 cm³/mol. The fourth-order valence-corrected chi connectivity index (χ4v) is 4.38. The summed E-state index contributed by atoms with van der Waals surface area (Å²) in [5.41, 5.74) is 13.1. The molecule has 1 saturated heterocycles. The average Bonchev–Trinajstić information content (AvgIpc) is 3.13. The van der Waals surface area contributed by atoms with Crippen molar-refractivity contribution in [1.82, 2.24) is 19.9 Å². The van der Waals surface area contributed by atoms with E-state index < -0.39 is 0 Å². The van der Waals surface area contributed by atoms with Gasteiger partial charge in [-0.15, -0.1) is 0 Å². The topological polar surface area (TPSA) is 68.8 Å². The monoisotopic (exact) mass is 371 g/mol. The highest BCUT2D eigenvalue weighted by Gasteiger charge is 2.23. The number of aromatic nitrogens is 3. The number of hydrogen-bond acceptors (Lipinski definition) is 4. The van der Waals surface area contributed by atoms with Crippen LogP contribution in [-0.2, 0) is 7.05 Å². The van der Waals surface area contributed by atoms with Gasteiger partial charge in [-0.3, -0.25) is 9.97 Å². The number of fused-ring (bicyclic) bond motifs is 2. The molecule has 3 heterocycles. The molecule has 0 aliphatic carbocycles. The van der Waals surface area contributed by atoms with E-state index in [0.717, 1.165) is 40.7 Å². The molecule has 5 nitrogen and oxygen atoms in total. The van der Waals surface area contributed by atoms with Gasteiger partial charge in [-0.1, -0.05) is 12.5 Å². The Bertz CT molecular complexity index is 1140. The summed E-state index contributed by atoms with van der Waals surface area (Å²) in [6, 6.07) is 13.3. The summed E-state index contributed by atoms with van der Waals surface area (Å²) < 4.78 is 2.14. The molecule has 0 radical (unpaired) electrons. The van der Waals surface area contributed by atoms with E-state index in [1.54, 1.807) is 12.4 Å². The molecule has 2 aromatic carbocycles. The smallest absolute Gasteiger partial charge is 0.0965 e. The van der Waals surface area contributed by atoms with Gasteiger partial charge in [-0.25, -0.2) is 0 Å². The van der Waals surface area contributed by atoms with Crippen LogP contribution in [0.3, 0.4) is 0 Å². The molecule has 3 N–H and O–H groups in total. The van der Waals surface area contributed by atoms with Crippen molar-refractivity contribution in [2.24, 2.45) is 12.8 Å². The second-order valence-electron chi connectivity index (χ2n) is 7.77. The Balaban J connectivity index is 1.65. The highest BCUT2D eigenvalue weighted by Crippen LogP contribution is 2.33. The quantitative estimate of drug-likeness (QED) is 0.572. The highest BCUT2D eigenvalue weighted by molar-refractivity contribution is 5.95. The summed E-state index contributed by atoms with van der Waals surface area (Å²) in [6.07, 6.45) is 9.18. The van der Waals surface area contributed by atoms with Gasteiger partial charge in [0.1, 0.15) is 0 Å². The summed E-state index contributed by atoms with van der Waals surface area (Å²) in [6.45, 7) is 1.04. The van der Waals surface area contributed by atoms with Crippen LogP contribution in [0.4, 0.5) is 0 Å². The lowest BCUT2D eigenvalue weighted by atomic mass is 9.90. The van der Waals surface area contributed by atoms with Gasteiger partial charge in [0.2, 0.25) is 0 Å². The van der Waals surface area contributed by atoms with E-state index in [-0.39, 0.29) is 6.04 Å². The SMILES string of the molecule is Cn1ccc2cc(-c3cc(C(N)C4CCCCN4)cc4nccnc34)ccc21. The van der Waals surface area contributed by atoms with Crippen molar-refractivity contribution < 1.29 is 0 Å². The normalized spacial score (nSPS) is 18.6. The average molecular weight is 371 g/mol. The molecule has 2 atom stereocenters. The van der Waals surface area contributed by atoms with Crippen LogP contribution in [0.1, 0.15) is 30.9 Å². The van der Waals surface area contributed by atoms with E-state index in [9.17, 15) is 0 Å². The Kier molecular flexibility index (Phi) is 4.34. The van der Waals surface area contributed by atoms with Crippen LogP contribution in [0, 0.1) is 0 Å². The molecule has 1 fully saturated rings. The summed E-state index contributed by atoms with van der Waals surface area (Å²) in [5.74, 6) is 0. The maximum atomic E-state index is 6.69. The third kappa shape index (κ3) is 2.97. The lowest BCUT2D eigenvalue weighted by Gasteiger charge is -2.29. The molecule has 0 spiro atoms. The van der Waals surface area contributed by atoms with Crippen LogP contribution in [0.25, 0.3) is 33.1 Å². The fourth-order valence-electron chi connectivity index (χ4n) is 4.38. The van der Waals surface area contributed by atoms with Crippen molar-refractivity contribution >= 4 is 21.9 Å².